The van der Waals surface area contributed by atoms with Gasteiger partial charge in [0.25, 0.3) is 11.8 Å². The van der Waals surface area contributed by atoms with Crippen LogP contribution in [0.15, 0.2) is 34.9 Å². The number of ether oxygens (including phenoxy) is 1. The van der Waals surface area contributed by atoms with Gasteiger partial charge in [0.15, 0.2) is 12.3 Å². The first-order valence-electron chi connectivity index (χ1n) is 8.41. The molecule has 1 aromatic carbocycles. The molecule has 26 heavy (non-hydrogen) atoms. The highest BCUT2D eigenvalue weighted by Crippen LogP contribution is 2.16. The van der Waals surface area contributed by atoms with E-state index in [1.165, 1.54) is 0 Å². The molecule has 2 heterocycles. The van der Waals surface area contributed by atoms with Crippen LogP contribution in [0.3, 0.4) is 0 Å². The molecule has 2 aromatic rings. The summed E-state index contributed by atoms with van der Waals surface area (Å²) in [4.78, 5) is 26.1. The smallest absolute Gasteiger partial charge is 0.273 e. The second-order valence-electron chi connectivity index (χ2n) is 6.19. The average Bonchev–Trinajstić information content (AvgIpc) is 3.08. The van der Waals surface area contributed by atoms with Gasteiger partial charge in [-0.1, -0.05) is 16.8 Å². The van der Waals surface area contributed by atoms with Crippen LogP contribution in [0.5, 0.6) is 5.75 Å². The van der Waals surface area contributed by atoms with E-state index in [1.54, 1.807) is 42.2 Å². The van der Waals surface area contributed by atoms with Gasteiger partial charge in [-0.25, -0.2) is 0 Å². The number of hydrogen-bond donors (Lipinski definition) is 1. The standard InChI is InChI=1S/C18H20ClN3O4/c1-12-10-16(21-26-12)18(24)20-14-6-8-22(9-7-14)17(23)11-25-15-4-2-13(19)3-5-15/h2-5,10,14H,6-9,11H2,1H3,(H,20,24). The molecular formula is C18H20ClN3O4. The van der Waals surface area contributed by atoms with Gasteiger partial charge in [0.2, 0.25) is 0 Å². The van der Waals surface area contributed by atoms with Gasteiger partial charge in [-0.15, -0.1) is 0 Å². The maximum Gasteiger partial charge on any atom is 0.273 e. The van der Waals surface area contributed by atoms with E-state index in [2.05, 4.69) is 10.5 Å². The summed E-state index contributed by atoms with van der Waals surface area (Å²) in [5, 5.41) is 7.25. The van der Waals surface area contributed by atoms with E-state index >= 15 is 0 Å². The van der Waals surface area contributed by atoms with E-state index < -0.39 is 0 Å². The quantitative estimate of drug-likeness (QED) is 0.865. The largest absolute Gasteiger partial charge is 0.484 e. The Bertz CT molecular complexity index is 767. The number of hydrogen-bond acceptors (Lipinski definition) is 5. The molecule has 0 radical (unpaired) electrons. The van der Waals surface area contributed by atoms with Crippen LogP contribution in [-0.2, 0) is 4.79 Å². The lowest BCUT2D eigenvalue weighted by Crippen LogP contribution is -2.47. The summed E-state index contributed by atoms with van der Waals surface area (Å²) >= 11 is 5.82. The zero-order valence-electron chi connectivity index (χ0n) is 14.4. The molecule has 7 nitrogen and oxygen atoms in total. The minimum Gasteiger partial charge on any atom is -0.484 e. The van der Waals surface area contributed by atoms with Crippen LogP contribution in [0.4, 0.5) is 0 Å². The zero-order chi connectivity index (χ0) is 18.5. The van der Waals surface area contributed by atoms with Gasteiger partial charge in [-0.2, -0.15) is 0 Å². The van der Waals surface area contributed by atoms with Crippen molar-refractivity contribution in [2.24, 2.45) is 0 Å². The summed E-state index contributed by atoms with van der Waals surface area (Å²) in [6.07, 6.45) is 1.38. The Morgan fingerprint density at radius 2 is 2.00 bits per heavy atom. The number of aryl methyl sites for hydroxylation is 1. The van der Waals surface area contributed by atoms with Crippen molar-refractivity contribution < 1.29 is 18.8 Å². The Balaban J connectivity index is 1.42. The molecule has 1 N–H and O–H groups in total. The molecule has 8 heteroatoms. The lowest BCUT2D eigenvalue weighted by atomic mass is 10.0. The van der Waals surface area contributed by atoms with Crippen LogP contribution in [0.25, 0.3) is 0 Å². The number of rotatable bonds is 5. The molecule has 138 valence electrons. The molecule has 1 fully saturated rings. The molecule has 0 atom stereocenters. The molecule has 1 aliphatic rings. The van der Waals surface area contributed by atoms with Gasteiger partial charge in [-0.05, 0) is 44.0 Å². The number of carbonyl (C=O) groups excluding carboxylic acids is 2. The van der Waals surface area contributed by atoms with Crippen molar-refractivity contribution in [2.45, 2.75) is 25.8 Å². The minimum absolute atomic E-state index is 0.0146. The summed E-state index contributed by atoms with van der Waals surface area (Å²) in [5.74, 6) is 0.874. The maximum atomic E-state index is 12.3. The number of piperidine rings is 1. The molecule has 0 spiro atoms. The molecular weight excluding hydrogens is 358 g/mol. The lowest BCUT2D eigenvalue weighted by molar-refractivity contribution is -0.134. The second kappa shape index (κ2) is 8.23. The summed E-state index contributed by atoms with van der Waals surface area (Å²) in [6, 6.07) is 8.49. The number of amides is 2. The number of carbonyl (C=O) groups is 2. The maximum absolute atomic E-state index is 12.3. The fraction of sp³-hybridized carbons (Fsp3) is 0.389. The highest BCUT2D eigenvalue weighted by Gasteiger charge is 2.25. The Labute approximate surface area is 156 Å². The topological polar surface area (TPSA) is 84.7 Å². The zero-order valence-corrected chi connectivity index (χ0v) is 15.2. The Morgan fingerprint density at radius 1 is 1.31 bits per heavy atom. The third-order valence-corrected chi connectivity index (χ3v) is 4.47. The molecule has 1 saturated heterocycles. The predicted octanol–water partition coefficient (Wildman–Crippen LogP) is 2.44. The van der Waals surface area contributed by atoms with Crippen molar-refractivity contribution in [2.75, 3.05) is 19.7 Å². The SMILES string of the molecule is Cc1cc(C(=O)NC2CCN(C(=O)COc3ccc(Cl)cc3)CC2)no1. The fourth-order valence-electron chi connectivity index (χ4n) is 2.77. The molecule has 0 saturated carbocycles. The van der Waals surface area contributed by atoms with E-state index in [0.29, 0.717) is 42.5 Å². The number of likely N-dealkylation sites (tertiary alicyclic amines) is 1. The van der Waals surface area contributed by atoms with Crippen molar-refractivity contribution in [1.29, 1.82) is 0 Å². The molecule has 3 rings (SSSR count). The van der Waals surface area contributed by atoms with Crippen molar-refractivity contribution in [1.82, 2.24) is 15.4 Å². The van der Waals surface area contributed by atoms with Gasteiger partial charge in [0.05, 0.1) is 0 Å². The van der Waals surface area contributed by atoms with E-state index in [1.807, 2.05) is 0 Å². The highest BCUT2D eigenvalue weighted by atomic mass is 35.5. The Kier molecular flexibility index (Phi) is 5.78. The first-order chi connectivity index (χ1) is 12.5. The van der Waals surface area contributed by atoms with E-state index in [-0.39, 0.29) is 30.2 Å². The summed E-state index contributed by atoms with van der Waals surface area (Å²) in [7, 11) is 0. The van der Waals surface area contributed by atoms with Gasteiger partial charge >= 0.3 is 0 Å². The number of nitrogens with zero attached hydrogens (tertiary/aromatic N) is 2. The summed E-state index contributed by atoms with van der Waals surface area (Å²) in [5.41, 5.74) is 0.275. The number of nitrogens with one attached hydrogen (secondary N) is 1. The van der Waals surface area contributed by atoms with Gasteiger partial charge < -0.3 is 19.5 Å². The third-order valence-electron chi connectivity index (χ3n) is 4.22. The summed E-state index contributed by atoms with van der Waals surface area (Å²) < 4.78 is 10.4. The lowest BCUT2D eigenvalue weighted by Gasteiger charge is -2.32. The van der Waals surface area contributed by atoms with Crippen LogP contribution >= 0.6 is 11.6 Å². The van der Waals surface area contributed by atoms with Crippen molar-refractivity contribution in [3.05, 3.63) is 46.8 Å². The second-order valence-corrected chi connectivity index (χ2v) is 6.63. The summed E-state index contributed by atoms with van der Waals surface area (Å²) in [6.45, 7) is 2.87. The van der Waals surface area contributed by atoms with Gasteiger partial charge in [-0.3, -0.25) is 9.59 Å². The van der Waals surface area contributed by atoms with Gasteiger partial charge in [0.1, 0.15) is 11.5 Å². The number of halogens is 1. The van der Waals surface area contributed by atoms with Crippen molar-refractivity contribution in [3.8, 4) is 5.75 Å². The Hall–Kier alpha value is -2.54. The van der Waals surface area contributed by atoms with Crippen molar-refractivity contribution >= 4 is 23.4 Å². The normalized spacial score (nSPS) is 14.9. The van der Waals surface area contributed by atoms with Gasteiger partial charge in [0, 0.05) is 30.2 Å². The highest BCUT2D eigenvalue weighted by molar-refractivity contribution is 6.30. The van der Waals surface area contributed by atoms with E-state index in [9.17, 15) is 9.59 Å². The monoisotopic (exact) mass is 377 g/mol. The van der Waals surface area contributed by atoms with E-state index in [0.717, 1.165) is 0 Å². The van der Waals surface area contributed by atoms with Crippen LogP contribution in [0.2, 0.25) is 5.02 Å². The average molecular weight is 378 g/mol. The predicted molar refractivity (Wildman–Crippen MR) is 95.3 cm³/mol. The number of benzene rings is 1. The van der Waals surface area contributed by atoms with Crippen LogP contribution in [0.1, 0.15) is 29.1 Å². The van der Waals surface area contributed by atoms with Crippen LogP contribution in [-0.4, -0.2) is 47.6 Å². The first kappa shape index (κ1) is 18.3. The minimum atomic E-state index is -0.252. The van der Waals surface area contributed by atoms with Crippen molar-refractivity contribution in [3.63, 3.8) is 0 Å². The van der Waals surface area contributed by atoms with Crippen LogP contribution < -0.4 is 10.1 Å². The molecule has 0 unspecified atom stereocenters. The number of aromatic nitrogens is 1. The molecule has 2 amide bonds. The fourth-order valence-corrected chi connectivity index (χ4v) is 2.90. The van der Waals surface area contributed by atoms with E-state index in [4.69, 9.17) is 20.9 Å². The molecule has 0 aliphatic carbocycles. The molecule has 0 bridgehead atoms. The molecule has 1 aliphatic heterocycles. The first-order valence-corrected chi connectivity index (χ1v) is 8.79. The molecule has 1 aromatic heterocycles. The van der Waals surface area contributed by atoms with Crippen LogP contribution in [0, 0.1) is 6.92 Å². The Morgan fingerprint density at radius 3 is 2.62 bits per heavy atom. The third kappa shape index (κ3) is 4.76.